The fraction of sp³-hybridized carbons (Fsp3) is 0.667. The molecule has 0 aliphatic heterocycles. The summed E-state index contributed by atoms with van der Waals surface area (Å²) in [5.41, 5.74) is 5.27. The Morgan fingerprint density at radius 1 is 1.47 bits per heavy atom. The highest BCUT2D eigenvalue weighted by atomic mass is 16.5. The Bertz CT molecular complexity index is 341. The maximum absolute atomic E-state index is 11.4. The number of rotatable bonds is 8. The van der Waals surface area contributed by atoms with Crippen LogP contribution in [0.3, 0.4) is 0 Å². The maximum Gasteiger partial charge on any atom is 0.288 e. The van der Waals surface area contributed by atoms with E-state index in [1.54, 1.807) is 7.11 Å². The van der Waals surface area contributed by atoms with Gasteiger partial charge in [-0.1, -0.05) is 0 Å². The van der Waals surface area contributed by atoms with Gasteiger partial charge in [-0.2, -0.15) is 4.98 Å². The Morgan fingerprint density at radius 2 is 2.29 bits per heavy atom. The first-order chi connectivity index (χ1) is 8.24. The van der Waals surface area contributed by atoms with Crippen molar-refractivity contribution in [1.29, 1.82) is 0 Å². The number of methoxy groups -OCH3 is 1. The summed E-state index contributed by atoms with van der Waals surface area (Å²) >= 11 is 0. The van der Waals surface area contributed by atoms with Crippen LogP contribution in [0.1, 0.15) is 17.0 Å². The molecular weight excluding hydrogens is 226 g/mol. The number of nitrogens with two attached hydrogens (primary N) is 1. The summed E-state index contributed by atoms with van der Waals surface area (Å²) in [5, 5.41) is 8.65. The molecule has 0 unspecified atom stereocenters. The average Bonchev–Trinajstić information content (AvgIpc) is 2.74. The molecule has 1 aromatic heterocycles. The lowest BCUT2D eigenvalue weighted by Gasteiger charge is -2.04. The van der Waals surface area contributed by atoms with Gasteiger partial charge in [-0.25, -0.2) is 0 Å². The van der Waals surface area contributed by atoms with Crippen molar-refractivity contribution in [2.24, 2.45) is 0 Å². The van der Waals surface area contributed by atoms with Gasteiger partial charge < -0.3 is 20.5 Å². The molecule has 0 aliphatic carbocycles. The molecule has 0 bridgehead atoms. The molecule has 1 heterocycles. The molecule has 8 nitrogen and oxygen atoms in total. The van der Waals surface area contributed by atoms with Gasteiger partial charge in [-0.05, 0) is 6.42 Å². The van der Waals surface area contributed by atoms with E-state index < -0.39 is 0 Å². The van der Waals surface area contributed by atoms with Gasteiger partial charge in [0.2, 0.25) is 11.8 Å². The van der Waals surface area contributed by atoms with Crippen molar-refractivity contribution in [3.63, 3.8) is 0 Å². The summed E-state index contributed by atoms with van der Waals surface area (Å²) in [6, 6.07) is 0. The molecule has 0 aromatic carbocycles. The van der Waals surface area contributed by atoms with Gasteiger partial charge in [0.1, 0.15) is 0 Å². The van der Waals surface area contributed by atoms with Crippen LogP contribution < -0.4 is 11.1 Å². The number of carbonyl (C=O) groups is 1. The SMILES string of the molecule is COCCOCCCNC(=O)c1nc(N)n[nH]1. The first kappa shape index (κ1) is 13.4. The normalized spacial score (nSPS) is 10.4. The van der Waals surface area contributed by atoms with E-state index in [9.17, 15) is 4.79 Å². The first-order valence-corrected chi connectivity index (χ1v) is 5.27. The number of nitrogens with zero attached hydrogens (tertiary/aromatic N) is 2. The van der Waals surface area contributed by atoms with E-state index in [2.05, 4.69) is 20.5 Å². The van der Waals surface area contributed by atoms with Crippen molar-refractivity contribution >= 4 is 11.9 Å². The number of hydrogen-bond acceptors (Lipinski definition) is 6. The molecule has 1 rings (SSSR count). The van der Waals surface area contributed by atoms with Gasteiger partial charge >= 0.3 is 0 Å². The second kappa shape index (κ2) is 7.58. The van der Waals surface area contributed by atoms with Gasteiger partial charge in [-0.3, -0.25) is 9.89 Å². The monoisotopic (exact) mass is 243 g/mol. The number of nitrogen functional groups attached to an aromatic ring is 1. The van der Waals surface area contributed by atoms with E-state index in [1.807, 2.05) is 0 Å². The molecule has 0 aliphatic rings. The number of nitrogens with one attached hydrogen (secondary N) is 2. The van der Waals surface area contributed by atoms with E-state index in [4.69, 9.17) is 15.2 Å². The maximum atomic E-state index is 11.4. The molecule has 17 heavy (non-hydrogen) atoms. The fourth-order valence-corrected chi connectivity index (χ4v) is 1.08. The summed E-state index contributed by atoms with van der Waals surface area (Å²) in [6.07, 6.45) is 0.721. The predicted molar refractivity (Wildman–Crippen MR) is 60.4 cm³/mol. The molecular formula is C9H17N5O3. The molecule has 0 saturated carbocycles. The van der Waals surface area contributed by atoms with Gasteiger partial charge in [0.15, 0.2) is 0 Å². The molecule has 0 saturated heterocycles. The number of amides is 1. The van der Waals surface area contributed by atoms with Crippen LogP contribution in [0.15, 0.2) is 0 Å². The van der Waals surface area contributed by atoms with Gasteiger partial charge in [-0.15, -0.1) is 5.10 Å². The Kier molecular flexibility index (Phi) is 5.97. The van der Waals surface area contributed by atoms with Gasteiger partial charge in [0, 0.05) is 20.3 Å². The smallest absolute Gasteiger partial charge is 0.288 e. The molecule has 8 heteroatoms. The Hall–Kier alpha value is -1.67. The summed E-state index contributed by atoms with van der Waals surface area (Å²) in [7, 11) is 1.62. The van der Waals surface area contributed by atoms with Crippen LogP contribution in [0.25, 0.3) is 0 Å². The molecule has 0 spiro atoms. The van der Waals surface area contributed by atoms with E-state index >= 15 is 0 Å². The highest BCUT2D eigenvalue weighted by Gasteiger charge is 2.08. The minimum absolute atomic E-state index is 0.0537. The third-order valence-electron chi connectivity index (χ3n) is 1.90. The van der Waals surface area contributed by atoms with Crippen molar-refractivity contribution in [1.82, 2.24) is 20.5 Å². The van der Waals surface area contributed by atoms with Crippen LogP contribution in [-0.4, -0.2) is 54.6 Å². The molecule has 96 valence electrons. The quantitative estimate of drug-likeness (QED) is 0.513. The zero-order chi connectivity index (χ0) is 12.5. The van der Waals surface area contributed by atoms with Crippen LogP contribution in [-0.2, 0) is 9.47 Å². The molecule has 1 aromatic rings. The summed E-state index contributed by atoms with van der Waals surface area (Å²) < 4.78 is 10.1. The first-order valence-electron chi connectivity index (χ1n) is 5.27. The lowest BCUT2D eigenvalue weighted by atomic mass is 10.4. The standard InChI is InChI=1S/C9H17N5O3/c1-16-5-6-17-4-2-3-11-8(15)7-12-9(10)14-13-7/h2-6H2,1H3,(H,11,15)(H3,10,12,13,14). The van der Waals surface area contributed by atoms with Crippen LogP contribution in [0.2, 0.25) is 0 Å². The van der Waals surface area contributed by atoms with Crippen molar-refractivity contribution in [3.05, 3.63) is 5.82 Å². The molecule has 4 N–H and O–H groups in total. The zero-order valence-electron chi connectivity index (χ0n) is 9.73. The van der Waals surface area contributed by atoms with E-state index in [1.165, 1.54) is 0 Å². The topological polar surface area (TPSA) is 115 Å². The largest absolute Gasteiger partial charge is 0.382 e. The molecule has 0 radical (unpaired) electrons. The van der Waals surface area contributed by atoms with Crippen LogP contribution in [0.5, 0.6) is 0 Å². The van der Waals surface area contributed by atoms with Crippen LogP contribution >= 0.6 is 0 Å². The second-order valence-electron chi connectivity index (χ2n) is 3.26. The Balaban J connectivity index is 2.05. The highest BCUT2D eigenvalue weighted by molar-refractivity contribution is 5.90. The third-order valence-corrected chi connectivity index (χ3v) is 1.90. The van der Waals surface area contributed by atoms with E-state index in [-0.39, 0.29) is 17.7 Å². The second-order valence-corrected chi connectivity index (χ2v) is 3.26. The number of H-pyrrole nitrogens is 1. The number of anilines is 1. The number of aromatic nitrogens is 3. The van der Waals surface area contributed by atoms with Crippen molar-refractivity contribution in [2.45, 2.75) is 6.42 Å². The van der Waals surface area contributed by atoms with Gasteiger partial charge in [0.25, 0.3) is 5.91 Å². The van der Waals surface area contributed by atoms with Crippen LogP contribution in [0, 0.1) is 0 Å². The zero-order valence-corrected chi connectivity index (χ0v) is 9.73. The number of carbonyl (C=O) groups excluding carboxylic acids is 1. The summed E-state index contributed by atoms with van der Waals surface area (Å²) in [4.78, 5) is 15.1. The fourth-order valence-electron chi connectivity index (χ4n) is 1.08. The van der Waals surface area contributed by atoms with E-state index in [0.717, 1.165) is 6.42 Å². The number of ether oxygens (including phenoxy) is 2. The summed E-state index contributed by atoms with van der Waals surface area (Å²) in [6.45, 7) is 2.21. The summed E-state index contributed by atoms with van der Waals surface area (Å²) in [5.74, 6) is -0.160. The average molecular weight is 243 g/mol. The van der Waals surface area contributed by atoms with E-state index in [0.29, 0.717) is 26.4 Å². The highest BCUT2D eigenvalue weighted by Crippen LogP contribution is 1.92. The lowest BCUT2D eigenvalue weighted by molar-refractivity contribution is 0.0688. The van der Waals surface area contributed by atoms with Crippen molar-refractivity contribution < 1.29 is 14.3 Å². The van der Waals surface area contributed by atoms with Crippen molar-refractivity contribution in [2.75, 3.05) is 39.2 Å². The Labute approximate surface area is 98.9 Å². The van der Waals surface area contributed by atoms with Crippen LogP contribution in [0.4, 0.5) is 5.95 Å². The Morgan fingerprint density at radius 3 is 2.94 bits per heavy atom. The number of hydrogen-bond donors (Lipinski definition) is 3. The predicted octanol–water partition coefficient (Wildman–Crippen LogP) is -0.830. The minimum Gasteiger partial charge on any atom is -0.382 e. The lowest BCUT2D eigenvalue weighted by Crippen LogP contribution is -2.26. The molecule has 1 amide bonds. The minimum atomic E-state index is -0.328. The van der Waals surface area contributed by atoms with Crippen molar-refractivity contribution in [3.8, 4) is 0 Å². The number of aromatic amines is 1. The molecule has 0 atom stereocenters. The van der Waals surface area contributed by atoms with Gasteiger partial charge in [0.05, 0.1) is 13.2 Å². The molecule has 0 fully saturated rings. The third kappa shape index (κ3) is 5.27.